The molecular weight excluding hydrogens is 510 g/mol. The summed E-state index contributed by atoms with van der Waals surface area (Å²) >= 11 is 1.65. The summed E-state index contributed by atoms with van der Waals surface area (Å²) in [7, 11) is 3.23. The Morgan fingerprint density at radius 1 is 1.00 bits per heavy atom. The number of rotatable bonds is 13. The van der Waals surface area contributed by atoms with Crippen molar-refractivity contribution >= 4 is 29.0 Å². The van der Waals surface area contributed by atoms with E-state index in [-0.39, 0.29) is 24.4 Å². The summed E-state index contributed by atoms with van der Waals surface area (Å²) in [5.41, 5.74) is 4.05. The Hall–Kier alpha value is -3.52. The third kappa shape index (κ3) is 8.48. The maximum atomic E-state index is 13.8. The number of anilines is 1. The molecule has 0 spiro atoms. The number of nitrogens with one attached hydrogen (secondary N) is 1. The molecule has 3 amide bonds. The lowest BCUT2D eigenvalue weighted by atomic mass is 10.1. The molecule has 0 fully saturated rings. The molecule has 3 rings (SSSR count). The molecule has 0 unspecified atom stereocenters. The van der Waals surface area contributed by atoms with Crippen molar-refractivity contribution in [2.75, 3.05) is 39.2 Å². The van der Waals surface area contributed by atoms with Crippen LogP contribution in [-0.2, 0) is 24.2 Å². The second kappa shape index (κ2) is 14.6. The zero-order valence-electron chi connectivity index (χ0n) is 24.0. The van der Waals surface area contributed by atoms with Gasteiger partial charge >= 0.3 is 6.03 Å². The number of ether oxygens (including phenoxy) is 2. The third-order valence-corrected chi connectivity index (χ3v) is 7.62. The van der Waals surface area contributed by atoms with Crippen molar-refractivity contribution in [2.45, 2.75) is 47.1 Å². The molecule has 1 N–H and O–H groups in total. The minimum absolute atomic E-state index is 0.00859. The zero-order valence-corrected chi connectivity index (χ0v) is 24.8. The molecule has 0 bridgehead atoms. The summed E-state index contributed by atoms with van der Waals surface area (Å²) in [6.07, 6.45) is 1.46. The van der Waals surface area contributed by atoms with Crippen molar-refractivity contribution in [2.24, 2.45) is 5.92 Å². The highest BCUT2D eigenvalue weighted by atomic mass is 32.1. The molecule has 0 saturated heterocycles. The summed E-state index contributed by atoms with van der Waals surface area (Å²) in [5, 5.41) is 5.09. The number of thiophene rings is 1. The summed E-state index contributed by atoms with van der Waals surface area (Å²) in [5.74, 6) is 1.46. The number of para-hydroxylation sites is 1. The van der Waals surface area contributed by atoms with E-state index in [0.717, 1.165) is 33.7 Å². The van der Waals surface area contributed by atoms with Gasteiger partial charge in [-0.2, -0.15) is 0 Å². The van der Waals surface area contributed by atoms with Crippen molar-refractivity contribution < 1.29 is 19.1 Å². The van der Waals surface area contributed by atoms with Gasteiger partial charge in [-0.05, 0) is 72.0 Å². The fourth-order valence-electron chi connectivity index (χ4n) is 4.40. The Labute approximate surface area is 236 Å². The van der Waals surface area contributed by atoms with E-state index < -0.39 is 0 Å². The molecule has 7 nitrogen and oxygen atoms in total. The molecular formula is C31H41N3O4S. The van der Waals surface area contributed by atoms with E-state index in [0.29, 0.717) is 37.6 Å². The van der Waals surface area contributed by atoms with Gasteiger partial charge in [-0.1, -0.05) is 45.0 Å². The van der Waals surface area contributed by atoms with E-state index in [1.165, 1.54) is 0 Å². The molecule has 0 saturated carbocycles. The first-order valence-electron chi connectivity index (χ1n) is 13.4. The molecule has 39 heavy (non-hydrogen) atoms. The van der Waals surface area contributed by atoms with Crippen molar-refractivity contribution in [1.29, 1.82) is 0 Å². The predicted molar refractivity (Wildman–Crippen MR) is 159 cm³/mol. The minimum atomic E-state index is -0.259. The monoisotopic (exact) mass is 551 g/mol. The van der Waals surface area contributed by atoms with Crippen LogP contribution in [0.15, 0.2) is 53.9 Å². The topological polar surface area (TPSA) is 71.1 Å². The zero-order chi connectivity index (χ0) is 28.4. The fourth-order valence-corrected chi connectivity index (χ4v) is 5.32. The van der Waals surface area contributed by atoms with Gasteiger partial charge in [0.2, 0.25) is 5.91 Å². The SMILES string of the molecule is CCc1ccccc1NC(=O)N(CC(=O)N(CCc1ccc(OC)c(OC)c1)Cc1sccc1C)CC(C)C. The summed E-state index contributed by atoms with van der Waals surface area (Å²) in [6, 6.07) is 15.4. The first-order valence-corrected chi connectivity index (χ1v) is 14.3. The molecule has 0 aliphatic heterocycles. The van der Waals surface area contributed by atoms with Gasteiger partial charge in [0.25, 0.3) is 0 Å². The van der Waals surface area contributed by atoms with Gasteiger partial charge in [0, 0.05) is 23.7 Å². The number of benzene rings is 2. The fraction of sp³-hybridized carbons (Fsp3) is 0.419. The van der Waals surface area contributed by atoms with Crippen LogP contribution in [0.3, 0.4) is 0 Å². The number of carbonyl (C=O) groups is 2. The number of carbonyl (C=O) groups excluding carboxylic acids is 2. The number of amides is 3. The quantitative estimate of drug-likeness (QED) is 0.267. The number of methoxy groups -OCH3 is 2. The first-order chi connectivity index (χ1) is 18.7. The van der Waals surface area contributed by atoms with E-state index in [4.69, 9.17) is 9.47 Å². The van der Waals surface area contributed by atoms with Crippen LogP contribution in [0.25, 0.3) is 0 Å². The van der Waals surface area contributed by atoms with Crippen LogP contribution in [0.1, 0.15) is 42.3 Å². The summed E-state index contributed by atoms with van der Waals surface area (Å²) in [4.78, 5) is 31.8. The minimum Gasteiger partial charge on any atom is -0.493 e. The molecule has 1 heterocycles. The maximum Gasteiger partial charge on any atom is 0.322 e. The number of hydrogen-bond acceptors (Lipinski definition) is 5. The van der Waals surface area contributed by atoms with E-state index >= 15 is 0 Å². The summed E-state index contributed by atoms with van der Waals surface area (Å²) in [6.45, 7) is 9.73. The maximum absolute atomic E-state index is 13.8. The third-order valence-electron chi connectivity index (χ3n) is 6.61. The van der Waals surface area contributed by atoms with E-state index in [1.54, 1.807) is 30.5 Å². The largest absolute Gasteiger partial charge is 0.493 e. The van der Waals surface area contributed by atoms with E-state index in [2.05, 4.69) is 39.1 Å². The number of aryl methyl sites for hydroxylation is 2. The van der Waals surface area contributed by atoms with Crippen LogP contribution < -0.4 is 14.8 Å². The smallest absolute Gasteiger partial charge is 0.322 e. The number of nitrogens with zero attached hydrogens (tertiary/aromatic N) is 2. The Balaban J connectivity index is 1.79. The Bertz CT molecular complexity index is 1240. The highest BCUT2D eigenvalue weighted by molar-refractivity contribution is 7.10. The highest BCUT2D eigenvalue weighted by Gasteiger charge is 2.24. The van der Waals surface area contributed by atoms with E-state index in [9.17, 15) is 9.59 Å². The lowest BCUT2D eigenvalue weighted by Gasteiger charge is -2.29. The normalized spacial score (nSPS) is 10.8. The van der Waals surface area contributed by atoms with Crippen LogP contribution in [0.2, 0.25) is 0 Å². The molecule has 0 atom stereocenters. The Morgan fingerprint density at radius 3 is 2.38 bits per heavy atom. The van der Waals surface area contributed by atoms with Gasteiger partial charge in [-0.15, -0.1) is 11.3 Å². The highest BCUT2D eigenvalue weighted by Crippen LogP contribution is 2.28. The van der Waals surface area contributed by atoms with Gasteiger partial charge in [0.1, 0.15) is 6.54 Å². The van der Waals surface area contributed by atoms with Crippen molar-refractivity contribution in [1.82, 2.24) is 9.80 Å². The summed E-state index contributed by atoms with van der Waals surface area (Å²) < 4.78 is 10.8. The molecule has 8 heteroatoms. The number of urea groups is 1. The molecule has 0 aliphatic carbocycles. The molecule has 3 aromatic rings. The van der Waals surface area contributed by atoms with Crippen molar-refractivity contribution in [3.8, 4) is 11.5 Å². The lowest BCUT2D eigenvalue weighted by Crippen LogP contribution is -2.46. The number of hydrogen-bond donors (Lipinski definition) is 1. The van der Waals surface area contributed by atoms with Crippen LogP contribution in [0.5, 0.6) is 11.5 Å². The van der Waals surface area contributed by atoms with Crippen LogP contribution in [0, 0.1) is 12.8 Å². The average molecular weight is 552 g/mol. The standard InChI is InChI=1S/C31H41N3O4S/c1-7-25-10-8-9-11-26(25)32-31(36)34(19-22(2)3)21-30(35)33(20-29-23(4)15-17-39-29)16-14-24-12-13-27(37-5)28(18-24)38-6/h8-13,15,17-18,22H,7,14,16,19-21H2,1-6H3,(H,32,36). The molecule has 0 radical (unpaired) electrons. The van der Waals surface area contributed by atoms with Gasteiger partial charge in [0.15, 0.2) is 11.5 Å². The van der Waals surface area contributed by atoms with Gasteiger partial charge in [-0.25, -0.2) is 4.79 Å². The van der Waals surface area contributed by atoms with Gasteiger partial charge in [-0.3, -0.25) is 4.79 Å². The molecule has 0 aliphatic rings. The molecule has 1 aromatic heterocycles. The second-order valence-corrected chi connectivity index (χ2v) is 11.0. The van der Waals surface area contributed by atoms with Crippen molar-refractivity contribution in [3.63, 3.8) is 0 Å². The van der Waals surface area contributed by atoms with E-state index in [1.807, 2.05) is 52.7 Å². The van der Waals surface area contributed by atoms with Crippen LogP contribution in [0.4, 0.5) is 10.5 Å². The predicted octanol–water partition coefficient (Wildman–Crippen LogP) is 6.40. The lowest BCUT2D eigenvalue weighted by molar-refractivity contribution is -0.132. The van der Waals surface area contributed by atoms with Gasteiger partial charge in [0.05, 0.1) is 20.8 Å². The van der Waals surface area contributed by atoms with Crippen molar-refractivity contribution in [3.05, 3.63) is 75.5 Å². The van der Waals surface area contributed by atoms with Crippen LogP contribution in [-0.4, -0.2) is 55.6 Å². The Kier molecular flexibility index (Phi) is 11.2. The Morgan fingerprint density at radius 2 is 1.74 bits per heavy atom. The average Bonchev–Trinajstić information content (AvgIpc) is 3.34. The molecule has 210 valence electrons. The second-order valence-electron chi connectivity index (χ2n) is 10.00. The van der Waals surface area contributed by atoms with Crippen LogP contribution >= 0.6 is 11.3 Å². The molecule has 2 aromatic carbocycles. The van der Waals surface area contributed by atoms with Gasteiger partial charge < -0.3 is 24.6 Å². The first kappa shape index (κ1) is 30.0.